The van der Waals surface area contributed by atoms with Gasteiger partial charge in [-0.15, -0.1) is 11.6 Å². The van der Waals surface area contributed by atoms with Gasteiger partial charge in [-0.05, 0) is 86.8 Å². The summed E-state index contributed by atoms with van der Waals surface area (Å²) in [7, 11) is 1.53. The number of methoxy groups -OCH3 is 1. The zero-order chi connectivity index (χ0) is 21.6. The number of hydrogen-bond donors (Lipinski definition) is 1. The van der Waals surface area contributed by atoms with Crippen LogP contribution in [0.15, 0.2) is 48.5 Å². The largest absolute Gasteiger partial charge is 0.496 e. The summed E-state index contributed by atoms with van der Waals surface area (Å²) in [4.78, 5) is 25.5. The molecule has 6 rings (SSSR count). The average molecular weight is 440 g/mol. The maximum atomic E-state index is 13.2. The summed E-state index contributed by atoms with van der Waals surface area (Å²) < 4.78 is 11.0. The Hall–Kier alpha value is -2.53. The highest BCUT2D eigenvalue weighted by molar-refractivity contribution is 6.24. The van der Waals surface area contributed by atoms with E-state index in [1.54, 1.807) is 42.5 Å². The molecule has 2 aromatic carbocycles. The van der Waals surface area contributed by atoms with E-state index in [9.17, 15) is 9.59 Å². The molecule has 0 radical (unpaired) electrons. The van der Waals surface area contributed by atoms with Crippen molar-refractivity contribution in [2.75, 3.05) is 12.4 Å². The van der Waals surface area contributed by atoms with Gasteiger partial charge in [0.05, 0.1) is 18.1 Å². The van der Waals surface area contributed by atoms with E-state index >= 15 is 0 Å². The number of benzene rings is 2. The highest BCUT2D eigenvalue weighted by atomic mass is 35.5. The molecule has 6 heteroatoms. The molecule has 0 heterocycles. The van der Waals surface area contributed by atoms with Crippen molar-refractivity contribution in [1.82, 2.24) is 0 Å². The van der Waals surface area contributed by atoms with Gasteiger partial charge in [0.15, 0.2) is 0 Å². The highest BCUT2D eigenvalue weighted by Crippen LogP contribution is 2.64. The Bertz CT molecular complexity index is 1000. The Morgan fingerprint density at radius 1 is 1.00 bits per heavy atom. The number of amides is 1. The van der Waals surface area contributed by atoms with Crippen LogP contribution < -0.4 is 14.8 Å². The lowest BCUT2D eigenvalue weighted by molar-refractivity contribution is -0.160. The number of halogens is 1. The first-order valence-corrected chi connectivity index (χ1v) is 11.2. The Labute approximate surface area is 187 Å². The standard InChI is InChI=1S/C25H26ClNO4/c1-30-21-5-3-2-4-20(21)22(28)27-18-6-8-19(9-7-18)31-23(29)24-11-16-10-17(12-24)14-25(26,13-16)15-24/h2-9,16-17H,10-15H2,1H3,(H,27,28). The van der Waals surface area contributed by atoms with E-state index < -0.39 is 5.41 Å². The van der Waals surface area contributed by atoms with Crippen LogP contribution in [0, 0.1) is 17.3 Å². The smallest absolute Gasteiger partial charge is 0.317 e. The molecule has 0 aromatic heterocycles. The lowest BCUT2D eigenvalue weighted by Gasteiger charge is -2.58. The van der Waals surface area contributed by atoms with E-state index in [1.165, 1.54) is 13.5 Å². The van der Waals surface area contributed by atoms with Crippen LogP contribution in [0.2, 0.25) is 0 Å². The molecule has 4 aliphatic rings. The quantitative estimate of drug-likeness (QED) is 0.383. The summed E-state index contributed by atoms with van der Waals surface area (Å²) in [6.07, 6.45) is 5.76. The van der Waals surface area contributed by atoms with Gasteiger partial charge in [-0.1, -0.05) is 12.1 Å². The van der Waals surface area contributed by atoms with Gasteiger partial charge in [0.1, 0.15) is 11.5 Å². The van der Waals surface area contributed by atoms with E-state index in [2.05, 4.69) is 5.32 Å². The second-order valence-electron chi connectivity index (χ2n) is 9.46. The Morgan fingerprint density at radius 2 is 1.68 bits per heavy atom. The van der Waals surface area contributed by atoms with E-state index in [4.69, 9.17) is 21.1 Å². The molecule has 4 fully saturated rings. The van der Waals surface area contributed by atoms with Gasteiger partial charge in [-0.2, -0.15) is 0 Å². The number of hydrogen-bond acceptors (Lipinski definition) is 4. The normalized spacial score (nSPS) is 30.6. The lowest BCUT2D eigenvalue weighted by atomic mass is 9.49. The topological polar surface area (TPSA) is 64.6 Å². The predicted molar refractivity (Wildman–Crippen MR) is 119 cm³/mol. The van der Waals surface area contributed by atoms with Crippen molar-refractivity contribution in [2.24, 2.45) is 17.3 Å². The summed E-state index contributed by atoms with van der Waals surface area (Å²) in [5, 5.41) is 2.85. The van der Waals surface area contributed by atoms with Crippen molar-refractivity contribution in [3.8, 4) is 11.5 Å². The van der Waals surface area contributed by atoms with Crippen LogP contribution in [0.4, 0.5) is 5.69 Å². The number of anilines is 1. The third kappa shape index (κ3) is 3.80. The van der Waals surface area contributed by atoms with Gasteiger partial charge in [0, 0.05) is 10.6 Å². The molecule has 0 saturated heterocycles. The van der Waals surface area contributed by atoms with Gasteiger partial charge in [-0.25, -0.2) is 0 Å². The number of ether oxygens (including phenoxy) is 2. The molecular formula is C25H26ClNO4. The van der Waals surface area contributed by atoms with Crippen molar-refractivity contribution in [1.29, 1.82) is 0 Å². The summed E-state index contributed by atoms with van der Waals surface area (Å²) in [5.41, 5.74) is 0.630. The molecule has 2 aromatic rings. The molecular weight excluding hydrogens is 414 g/mol. The minimum atomic E-state index is -0.442. The second-order valence-corrected chi connectivity index (χ2v) is 10.3. The number of para-hydroxylation sites is 1. The van der Waals surface area contributed by atoms with Crippen molar-refractivity contribution < 1.29 is 19.1 Å². The van der Waals surface area contributed by atoms with E-state index in [1.807, 2.05) is 6.07 Å². The molecule has 4 saturated carbocycles. The molecule has 5 nitrogen and oxygen atoms in total. The minimum Gasteiger partial charge on any atom is -0.496 e. The number of carbonyl (C=O) groups is 2. The van der Waals surface area contributed by atoms with Crippen LogP contribution in [0.5, 0.6) is 11.5 Å². The fourth-order valence-electron chi connectivity index (χ4n) is 6.24. The molecule has 162 valence electrons. The number of carbonyl (C=O) groups excluding carboxylic acids is 2. The molecule has 1 amide bonds. The highest BCUT2D eigenvalue weighted by Gasteiger charge is 2.60. The van der Waals surface area contributed by atoms with Crippen LogP contribution in [0.3, 0.4) is 0 Å². The van der Waals surface area contributed by atoms with E-state index in [0.717, 1.165) is 32.1 Å². The van der Waals surface area contributed by atoms with Crippen LogP contribution in [0.25, 0.3) is 0 Å². The zero-order valence-corrected chi connectivity index (χ0v) is 18.3. The molecule has 31 heavy (non-hydrogen) atoms. The van der Waals surface area contributed by atoms with Gasteiger partial charge in [0.25, 0.3) is 5.91 Å². The van der Waals surface area contributed by atoms with Crippen molar-refractivity contribution in [2.45, 2.75) is 43.4 Å². The molecule has 4 aliphatic carbocycles. The fraction of sp³-hybridized carbons (Fsp3) is 0.440. The average Bonchev–Trinajstić information content (AvgIpc) is 2.73. The molecule has 0 spiro atoms. The molecule has 2 unspecified atom stereocenters. The second kappa shape index (κ2) is 7.56. The van der Waals surface area contributed by atoms with Crippen LogP contribution in [-0.4, -0.2) is 23.9 Å². The molecule has 2 atom stereocenters. The Morgan fingerprint density at radius 3 is 2.32 bits per heavy atom. The van der Waals surface area contributed by atoms with Crippen LogP contribution in [-0.2, 0) is 4.79 Å². The SMILES string of the molecule is COc1ccccc1C(=O)Nc1ccc(OC(=O)C23CC4CC(CC(Cl)(C4)C2)C3)cc1. The predicted octanol–water partition coefficient (Wildman–Crippen LogP) is 5.43. The number of nitrogens with one attached hydrogen (secondary N) is 1. The minimum absolute atomic E-state index is 0.155. The van der Waals surface area contributed by atoms with Crippen molar-refractivity contribution in [3.05, 3.63) is 54.1 Å². The summed E-state index contributed by atoms with van der Waals surface area (Å²) in [6.45, 7) is 0. The molecule has 1 N–H and O–H groups in total. The van der Waals surface area contributed by atoms with Gasteiger partial charge in [0.2, 0.25) is 0 Å². The third-order valence-corrected chi connectivity index (χ3v) is 7.54. The number of rotatable bonds is 5. The number of alkyl halides is 1. The summed E-state index contributed by atoms with van der Waals surface area (Å²) >= 11 is 6.85. The van der Waals surface area contributed by atoms with Crippen molar-refractivity contribution in [3.63, 3.8) is 0 Å². The molecule has 0 aliphatic heterocycles. The lowest BCUT2D eigenvalue weighted by Crippen LogP contribution is -2.56. The Kier molecular flexibility index (Phi) is 4.97. The Balaban J connectivity index is 1.26. The maximum Gasteiger partial charge on any atom is 0.317 e. The molecule has 4 bridgehead atoms. The van der Waals surface area contributed by atoms with E-state index in [-0.39, 0.29) is 16.8 Å². The summed E-state index contributed by atoms with van der Waals surface area (Å²) in [6, 6.07) is 14.0. The summed E-state index contributed by atoms with van der Waals surface area (Å²) in [5.74, 6) is 1.66. The fourth-order valence-corrected chi connectivity index (χ4v) is 6.93. The van der Waals surface area contributed by atoms with Gasteiger partial charge >= 0.3 is 5.97 Å². The third-order valence-electron chi connectivity index (χ3n) is 7.10. The van der Waals surface area contributed by atoms with Gasteiger partial charge in [-0.3, -0.25) is 9.59 Å². The monoisotopic (exact) mass is 439 g/mol. The first kappa shape index (κ1) is 20.4. The number of esters is 1. The van der Waals surface area contributed by atoms with Crippen LogP contribution >= 0.6 is 11.6 Å². The first-order valence-electron chi connectivity index (χ1n) is 10.8. The zero-order valence-electron chi connectivity index (χ0n) is 17.5. The van der Waals surface area contributed by atoms with Gasteiger partial charge < -0.3 is 14.8 Å². The van der Waals surface area contributed by atoms with Crippen molar-refractivity contribution >= 4 is 29.2 Å². The van der Waals surface area contributed by atoms with E-state index in [0.29, 0.717) is 34.6 Å². The maximum absolute atomic E-state index is 13.2. The van der Waals surface area contributed by atoms with Crippen LogP contribution in [0.1, 0.15) is 48.9 Å². The first-order chi connectivity index (χ1) is 14.9.